The number of nitrogens with two attached hydrogens (primary N) is 1. The molecule has 0 radical (unpaired) electrons. The first-order valence-corrected chi connectivity index (χ1v) is 8.50. The number of hydrogen-bond acceptors (Lipinski definition) is 4. The van der Waals surface area contributed by atoms with Crippen LogP contribution in [-0.2, 0) is 10.0 Å². The maximum atomic E-state index is 13.8. The largest absolute Gasteiger partial charge is 0.398 e. The number of benzene rings is 1. The first-order valence-electron chi connectivity index (χ1n) is 6.22. The van der Waals surface area contributed by atoms with E-state index in [1.807, 2.05) is 7.05 Å². The molecule has 8 heteroatoms. The Kier molecular flexibility index (Phi) is 4.68. The van der Waals surface area contributed by atoms with Crippen molar-refractivity contribution in [2.75, 3.05) is 32.4 Å². The molecule has 0 aliphatic carbocycles. The predicted molar refractivity (Wildman–Crippen MR) is 79.3 cm³/mol. The quantitative estimate of drug-likeness (QED) is 0.790. The molecule has 1 aliphatic heterocycles. The van der Waals surface area contributed by atoms with Gasteiger partial charge in [0.15, 0.2) is 0 Å². The van der Waals surface area contributed by atoms with Gasteiger partial charge in [0.2, 0.25) is 10.0 Å². The van der Waals surface area contributed by atoms with E-state index in [9.17, 15) is 12.8 Å². The van der Waals surface area contributed by atoms with Gasteiger partial charge in [-0.1, -0.05) is 0 Å². The van der Waals surface area contributed by atoms with Crippen LogP contribution in [0.1, 0.15) is 6.42 Å². The van der Waals surface area contributed by atoms with E-state index in [0.29, 0.717) is 11.0 Å². The Labute approximate surface area is 126 Å². The van der Waals surface area contributed by atoms with Crippen LogP contribution in [-0.4, -0.2) is 40.0 Å². The van der Waals surface area contributed by atoms with Crippen molar-refractivity contribution in [3.8, 4) is 0 Å². The molecule has 1 saturated heterocycles. The van der Waals surface area contributed by atoms with Crippen molar-refractivity contribution in [3.63, 3.8) is 0 Å². The van der Waals surface area contributed by atoms with E-state index in [1.165, 1.54) is 0 Å². The number of hydrogen-bond donors (Lipinski definition) is 2. The van der Waals surface area contributed by atoms with Crippen LogP contribution in [0.5, 0.6) is 0 Å². The average molecular weight is 366 g/mol. The lowest BCUT2D eigenvalue weighted by molar-refractivity contribution is 0.394. The molecular formula is C12H17BrFN3O2S. The molecule has 1 aromatic rings. The van der Waals surface area contributed by atoms with Crippen molar-refractivity contribution in [1.82, 2.24) is 9.62 Å². The van der Waals surface area contributed by atoms with Crippen molar-refractivity contribution in [1.29, 1.82) is 0 Å². The molecule has 1 aromatic carbocycles. The van der Waals surface area contributed by atoms with E-state index in [1.54, 1.807) is 0 Å². The molecule has 0 spiro atoms. The van der Waals surface area contributed by atoms with Gasteiger partial charge in [0.25, 0.3) is 0 Å². The Morgan fingerprint density at radius 3 is 2.85 bits per heavy atom. The van der Waals surface area contributed by atoms with Gasteiger partial charge in [-0.2, -0.15) is 0 Å². The van der Waals surface area contributed by atoms with Crippen molar-refractivity contribution < 1.29 is 12.8 Å². The molecule has 1 atom stereocenters. The van der Waals surface area contributed by atoms with Gasteiger partial charge in [-0.3, -0.25) is 0 Å². The molecule has 1 fully saturated rings. The minimum absolute atomic E-state index is 0.187. The molecule has 0 bridgehead atoms. The summed E-state index contributed by atoms with van der Waals surface area (Å²) in [6.07, 6.45) is 0.935. The third-order valence-corrected chi connectivity index (χ3v) is 5.52. The van der Waals surface area contributed by atoms with Gasteiger partial charge >= 0.3 is 0 Å². The summed E-state index contributed by atoms with van der Waals surface area (Å²) in [7, 11) is -1.89. The number of sulfonamides is 1. The van der Waals surface area contributed by atoms with Crippen molar-refractivity contribution >= 4 is 31.6 Å². The molecular weight excluding hydrogens is 349 g/mol. The fraction of sp³-hybridized carbons (Fsp3) is 0.500. The minimum atomic E-state index is -3.88. The van der Waals surface area contributed by atoms with Crippen molar-refractivity contribution in [2.45, 2.75) is 11.3 Å². The highest BCUT2D eigenvalue weighted by Gasteiger charge is 2.24. The van der Waals surface area contributed by atoms with Gasteiger partial charge in [-0.25, -0.2) is 17.5 Å². The standard InChI is InChI=1S/C12H17BrFN3O2S/c1-17-3-2-8(7-17)6-16-20(18,19)12-5-11(15)9(13)4-10(12)14/h4-5,8,16H,2-3,6-7,15H2,1H3. The topological polar surface area (TPSA) is 75.4 Å². The third-order valence-electron chi connectivity index (χ3n) is 3.39. The Balaban J connectivity index is 2.12. The molecule has 0 saturated carbocycles. The van der Waals surface area contributed by atoms with Gasteiger partial charge < -0.3 is 10.6 Å². The lowest BCUT2D eigenvalue weighted by atomic mass is 10.1. The fourth-order valence-electron chi connectivity index (χ4n) is 2.25. The predicted octanol–water partition coefficient (Wildman–Crippen LogP) is 1.40. The van der Waals surface area contributed by atoms with Gasteiger partial charge in [0, 0.05) is 23.2 Å². The van der Waals surface area contributed by atoms with Crippen LogP contribution in [0.3, 0.4) is 0 Å². The van der Waals surface area contributed by atoms with Crippen molar-refractivity contribution in [3.05, 3.63) is 22.4 Å². The van der Waals surface area contributed by atoms with Gasteiger partial charge in [0.1, 0.15) is 10.7 Å². The lowest BCUT2D eigenvalue weighted by Gasteiger charge is -2.13. The highest BCUT2D eigenvalue weighted by atomic mass is 79.9. The van der Waals surface area contributed by atoms with Crippen LogP contribution in [0, 0.1) is 11.7 Å². The molecule has 0 amide bonds. The first kappa shape index (κ1) is 15.7. The number of nitrogens with one attached hydrogen (secondary N) is 1. The molecule has 1 heterocycles. The second-order valence-electron chi connectivity index (χ2n) is 5.07. The Morgan fingerprint density at radius 1 is 1.55 bits per heavy atom. The van der Waals surface area contributed by atoms with Crippen LogP contribution >= 0.6 is 15.9 Å². The molecule has 20 heavy (non-hydrogen) atoms. The minimum Gasteiger partial charge on any atom is -0.398 e. The summed E-state index contributed by atoms with van der Waals surface area (Å²) in [5.74, 6) is -0.562. The molecule has 5 nitrogen and oxygen atoms in total. The number of nitrogen functional groups attached to an aromatic ring is 1. The van der Waals surface area contributed by atoms with Crippen LogP contribution in [0.4, 0.5) is 10.1 Å². The summed E-state index contributed by atoms with van der Waals surface area (Å²) in [5.41, 5.74) is 5.80. The van der Waals surface area contributed by atoms with E-state index < -0.39 is 20.7 Å². The maximum Gasteiger partial charge on any atom is 0.243 e. The summed E-state index contributed by atoms with van der Waals surface area (Å²) < 4.78 is 40.8. The number of halogens is 2. The fourth-order valence-corrected chi connectivity index (χ4v) is 3.77. The number of anilines is 1. The summed E-state index contributed by atoms with van der Waals surface area (Å²) >= 11 is 3.06. The van der Waals surface area contributed by atoms with E-state index in [0.717, 1.165) is 31.6 Å². The second-order valence-corrected chi connectivity index (χ2v) is 7.66. The second kappa shape index (κ2) is 5.97. The van der Waals surface area contributed by atoms with E-state index >= 15 is 0 Å². The zero-order chi connectivity index (χ0) is 14.9. The van der Waals surface area contributed by atoms with E-state index in [-0.39, 0.29) is 11.6 Å². The van der Waals surface area contributed by atoms with Gasteiger partial charge in [-0.15, -0.1) is 0 Å². The van der Waals surface area contributed by atoms with Crippen molar-refractivity contribution in [2.24, 2.45) is 5.92 Å². The lowest BCUT2D eigenvalue weighted by Crippen LogP contribution is -2.31. The number of nitrogens with zero attached hydrogens (tertiary/aromatic N) is 1. The highest BCUT2D eigenvalue weighted by Crippen LogP contribution is 2.26. The normalized spacial score (nSPS) is 20.4. The highest BCUT2D eigenvalue weighted by molar-refractivity contribution is 9.10. The van der Waals surface area contributed by atoms with Crippen LogP contribution < -0.4 is 10.5 Å². The molecule has 0 aromatic heterocycles. The van der Waals surface area contributed by atoms with E-state index in [4.69, 9.17) is 5.73 Å². The van der Waals surface area contributed by atoms with Crippen LogP contribution in [0.25, 0.3) is 0 Å². The Hall–Kier alpha value is -0.700. The third kappa shape index (κ3) is 3.49. The number of rotatable bonds is 4. The smallest absolute Gasteiger partial charge is 0.243 e. The number of likely N-dealkylation sites (tertiary alicyclic amines) is 1. The Bertz CT molecular complexity index is 609. The zero-order valence-electron chi connectivity index (χ0n) is 11.1. The Morgan fingerprint density at radius 2 is 2.25 bits per heavy atom. The summed E-state index contributed by atoms with van der Waals surface area (Å²) in [4.78, 5) is 1.72. The zero-order valence-corrected chi connectivity index (χ0v) is 13.5. The molecule has 1 unspecified atom stereocenters. The average Bonchev–Trinajstić information content (AvgIpc) is 2.77. The maximum absolute atomic E-state index is 13.8. The van der Waals surface area contributed by atoms with Gasteiger partial charge in [0.05, 0.1) is 0 Å². The molecule has 2 rings (SSSR count). The van der Waals surface area contributed by atoms with Crippen LogP contribution in [0.2, 0.25) is 0 Å². The first-order chi connectivity index (χ1) is 9.29. The molecule has 3 N–H and O–H groups in total. The molecule has 1 aliphatic rings. The summed E-state index contributed by atoms with van der Waals surface area (Å²) in [6, 6.07) is 2.19. The van der Waals surface area contributed by atoms with Crippen LogP contribution in [0.15, 0.2) is 21.5 Å². The SMILES string of the molecule is CN1CCC(CNS(=O)(=O)c2cc(N)c(Br)cc2F)C1. The monoisotopic (exact) mass is 365 g/mol. The molecule has 112 valence electrons. The van der Waals surface area contributed by atoms with Gasteiger partial charge in [-0.05, 0) is 54.0 Å². The van der Waals surface area contributed by atoms with E-state index in [2.05, 4.69) is 25.6 Å². The summed E-state index contributed by atoms with van der Waals surface area (Å²) in [6.45, 7) is 2.10. The summed E-state index contributed by atoms with van der Waals surface area (Å²) in [5, 5.41) is 0.